The summed E-state index contributed by atoms with van der Waals surface area (Å²) < 4.78 is 68.0. The third kappa shape index (κ3) is 5.16. The van der Waals surface area contributed by atoms with Crippen LogP contribution in [0.3, 0.4) is 0 Å². The minimum Gasteiger partial charge on any atom is -0.377 e. The quantitative estimate of drug-likeness (QED) is 0.384. The fourth-order valence-corrected chi connectivity index (χ4v) is 4.65. The van der Waals surface area contributed by atoms with E-state index >= 15 is 4.39 Å². The molecule has 4 nitrogen and oxygen atoms in total. The summed E-state index contributed by atoms with van der Waals surface area (Å²) in [4.78, 5) is -1.81. The predicted octanol–water partition coefficient (Wildman–Crippen LogP) is 4.70. The highest BCUT2D eigenvalue weighted by Crippen LogP contribution is 2.37. The Hall–Kier alpha value is -2.49. The first kappa shape index (κ1) is 22.2. The fourth-order valence-electron chi connectivity index (χ4n) is 2.87. The number of nitrogens with one attached hydrogen (secondary N) is 1. The first-order valence-electron chi connectivity index (χ1n) is 8.96. The van der Waals surface area contributed by atoms with Crippen LogP contribution in [0.1, 0.15) is 11.1 Å². The highest BCUT2D eigenvalue weighted by molar-refractivity contribution is 7.99. The first-order chi connectivity index (χ1) is 14.3. The van der Waals surface area contributed by atoms with Crippen molar-refractivity contribution in [1.82, 2.24) is 0 Å². The van der Waals surface area contributed by atoms with Crippen LogP contribution >= 0.6 is 11.8 Å². The van der Waals surface area contributed by atoms with Gasteiger partial charge in [0.2, 0.25) is 10.0 Å². The molecule has 9 heteroatoms. The Bertz CT molecular complexity index is 1130. The summed E-state index contributed by atoms with van der Waals surface area (Å²) in [7, 11) is -4.72. The van der Waals surface area contributed by atoms with Crippen LogP contribution in [0, 0.1) is 17.5 Å². The lowest BCUT2D eigenvalue weighted by Crippen LogP contribution is -2.20. The second-order valence-corrected chi connectivity index (χ2v) is 9.05. The van der Waals surface area contributed by atoms with Crippen molar-refractivity contribution >= 4 is 27.5 Å². The molecular formula is C21H19F3N2O2S2. The zero-order valence-electron chi connectivity index (χ0n) is 15.7. The van der Waals surface area contributed by atoms with Crippen molar-refractivity contribution < 1.29 is 21.6 Å². The Kier molecular flexibility index (Phi) is 7.06. The van der Waals surface area contributed by atoms with Crippen LogP contribution in [0.15, 0.2) is 70.5 Å². The number of nitrogens with two attached hydrogens (primary N) is 1. The lowest BCUT2D eigenvalue weighted by molar-refractivity contribution is 0.448. The number of halogens is 3. The normalized spacial score (nSPS) is 11.5. The summed E-state index contributed by atoms with van der Waals surface area (Å²) in [6.07, 6.45) is 0.496. The van der Waals surface area contributed by atoms with Gasteiger partial charge in [0.15, 0.2) is 17.5 Å². The van der Waals surface area contributed by atoms with E-state index in [0.29, 0.717) is 12.0 Å². The number of rotatable bonds is 8. The molecule has 0 fully saturated rings. The molecule has 0 aliphatic carbocycles. The molecule has 0 unspecified atom stereocenters. The summed E-state index contributed by atoms with van der Waals surface area (Å²) in [5, 5.41) is 7.61. The molecule has 30 heavy (non-hydrogen) atoms. The molecule has 0 radical (unpaired) electrons. The van der Waals surface area contributed by atoms with Gasteiger partial charge in [0, 0.05) is 12.3 Å². The Labute approximate surface area is 177 Å². The number of benzene rings is 3. The minimum atomic E-state index is -4.72. The first-order valence-corrected chi connectivity index (χ1v) is 11.5. The molecule has 0 saturated heterocycles. The van der Waals surface area contributed by atoms with E-state index in [-0.39, 0.29) is 12.3 Å². The van der Waals surface area contributed by atoms with Gasteiger partial charge in [0.1, 0.15) is 4.90 Å². The summed E-state index contributed by atoms with van der Waals surface area (Å²) in [5.41, 5.74) is 0.970. The van der Waals surface area contributed by atoms with Crippen molar-refractivity contribution in [2.75, 3.05) is 11.1 Å². The monoisotopic (exact) mass is 452 g/mol. The van der Waals surface area contributed by atoms with Crippen LogP contribution in [-0.2, 0) is 23.0 Å². The van der Waals surface area contributed by atoms with Crippen LogP contribution in [0.5, 0.6) is 0 Å². The average Bonchev–Trinajstić information content (AvgIpc) is 2.72. The number of primary sulfonamides is 1. The molecule has 0 saturated carbocycles. The molecule has 0 aliphatic heterocycles. The van der Waals surface area contributed by atoms with Crippen molar-refractivity contribution in [3.63, 3.8) is 0 Å². The maximum Gasteiger partial charge on any atom is 0.243 e. The van der Waals surface area contributed by atoms with Crippen molar-refractivity contribution in [1.29, 1.82) is 0 Å². The van der Waals surface area contributed by atoms with Crippen LogP contribution in [0.2, 0.25) is 0 Å². The van der Waals surface area contributed by atoms with E-state index in [0.717, 1.165) is 17.3 Å². The molecule has 0 aliphatic rings. The second-order valence-electron chi connectivity index (χ2n) is 6.44. The maximum atomic E-state index is 15.1. The topological polar surface area (TPSA) is 72.2 Å². The summed E-state index contributed by atoms with van der Waals surface area (Å²) >= 11 is 0.772. The zero-order valence-corrected chi connectivity index (χ0v) is 17.4. The van der Waals surface area contributed by atoms with Crippen molar-refractivity contribution in [3.05, 3.63) is 89.2 Å². The molecule has 158 valence electrons. The van der Waals surface area contributed by atoms with Gasteiger partial charge in [0.25, 0.3) is 0 Å². The predicted molar refractivity (Wildman–Crippen MR) is 112 cm³/mol. The average molecular weight is 453 g/mol. The molecule has 3 aromatic carbocycles. The number of anilines is 1. The van der Waals surface area contributed by atoms with Gasteiger partial charge in [-0.1, -0.05) is 60.7 Å². The Morgan fingerprint density at radius 1 is 0.833 bits per heavy atom. The lowest BCUT2D eigenvalue weighted by atomic mass is 10.2. The van der Waals surface area contributed by atoms with Gasteiger partial charge in [-0.05, 0) is 17.5 Å². The van der Waals surface area contributed by atoms with Crippen molar-refractivity contribution in [2.24, 2.45) is 5.14 Å². The van der Waals surface area contributed by atoms with Crippen molar-refractivity contribution in [3.8, 4) is 0 Å². The van der Waals surface area contributed by atoms with Gasteiger partial charge in [-0.25, -0.2) is 26.7 Å². The van der Waals surface area contributed by atoms with Gasteiger partial charge in [-0.2, -0.15) is 0 Å². The van der Waals surface area contributed by atoms with E-state index in [2.05, 4.69) is 5.32 Å². The van der Waals surface area contributed by atoms with Gasteiger partial charge in [0.05, 0.1) is 10.6 Å². The molecule has 0 aromatic heterocycles. The minimum absolute atomic E-state index is 0.000521. The van der Waals surface area contributed by atoms with Gasteiger partial charge in [-0.3, -0.25) is 0 Å². The molecule has 0 bridgehead atoms. The van der Waals surface area contributed by atoms with E-state index in [1.807, 2.05) is 30.3 Å². The Balaban J connectivity index is 1.93. The van der Waals surface area contributed by atoms with E-state index in [1.165, 1.54) is 0 Å². The summed E-state index contributed by atoms with van der Waals surface area (Å²) in [5.74, 6) is -4.19. The zero-order chi connectivity index (χ0) is 21.7. The number of thioether (sulfide) groups is 1. The number of sulfonamides is 1. The molecule has 3 N–H and O–H groups in total. The number of aryl methyl sites for hydroxylation is 1. The SMILES string of the molecule is NS(=O)(=O)c1c(F)c(F)c(SCCc2ccccc2)c(F)c1NCc1ccccc1. The van der Waals surface area contributed by atoms with Gasteiger partial charge in [-0.15, -0.1) is 11.8 Å². The highest BCUT2D eigenvalue weighted by Gasteiger charge is 2.31. The molecule has 0 amide bonds. The summed E-state index contributed by atoms with van der Waals surface area (Å²) in [6.45, 7) is -0.000521. The van der Waals surface area contributed by atoms with Crippen molar-refractivity contribution in [2.45, 2.75) is 22.8 Å². The Morgan fingerprint density at radius 2 is 1.40 bits per heavy atom. The number of hydrogen-bond acceptors (Lipinski definition) is 4. The van der Waals surface area contributed by atoms with Gasteiger partial charge >= 0.3 is 0 Å². The van der Waals surface area contributed by atoms with Gasteiger partial charge < -0.3 is 5.32 Å². The molecule has 3 aromatic rings. The van der Waals surface area contributed by atoms with Crippen LogP contribution in [0.4, 0.5) is 18.9 Å². The summed E-state index contributed by atoms with van der Waals surface area (Å²) in [6, 6.07) is 18.0. The van der Waals surface area contributed by atoms with Crippen LogP contribution < -0.4 is 10.5 Å². The highest BCUT2D eigenvalue weighted by atomic mass is 32.2. The number of hydrogen-bond donors (Lipinski definition) is 2. The third-order valence-electron chi connectivity index (χ3n) is 4.31. The molecule has 3 rings (SSSR count). The van der Waals surface area contributed by atoms with Crippen LogP contribution in [0.25, 0.3) is 0 Å². The Morgan fingerprint density at radius 3 is 1.97 bits per heavy atom. The molecular weight excluding hydrogens is 433 g/mol. The fraction of sp³-hybridized carbons (Fsp3) is 0.143. The molecule has 0 heterocycles. The van der Waals surface area contributed by atoms with E-state index in [9.17, 15) is 17.2 Å². The third-order valence-corrected chi connectivity index (χ3v) is 6.32. The lowest BCUT2D eigenvalue weighted by Gasteiger charge is -2.16. The standard InChI is InChI=1S/C21H19F3N2O2S2/c22-16-17(23)21(30(25,27)28)19(26-13-15-9-5-2-6-10-15)18(24)20(16)29-12-11-14-7-3-1-4-8-14/h1-10,26H,11-13H2,(H2,25,27,28). The van der Waals surface area contributed by atoms with E-state index in [1.54, 1.807) is 30.3 Å². The van der Waals surface area contributed by atoms with E-state index < -0.39 is 43.0 Å². The largest absolute Gasteiger partial charge is 0.377 e. The van der Waals surface area contributed by atoms with E-state index in [4.69, 9.17) is 5.14 Å². The second kappa shape index (κ2) is 9.55. The molecule has 0 spiro atoms. The maximum absolute atomic E-state index is 15.1. The smallest absolute Gasteiger partial charge is 0.243 e. The molecule has 0 atom stereocenters. The van der Waals surface area contributed by atoms with Crippen LogP contribution in [-0.4, -0.2) is 14.2 Å².